The number of allylic oxidation sites excluding steroid dienone is 2. The van der Waals surface area contributed by atoms with E-state index in [-0.39, 0.29) is 5.84 Å². The highest BCUT2D eigenvalue weighted by Crippen LogP contribution is 2.42. The maximum atomic E-state index is 7.05. The first-order valence-corrected chi connectivity index (χ1v) is 20.0. The van der Waals surface area contributed by atoms with Gasteiger partial charge in [0.05, 0.1) is 6.54 Å². The van der Waals surface area contributed by atoms with Crippen molar-refractivity contribution in [1.29, 1.82) is 5.41 Å². The van der Waals surface area contributed by atoms with Crippen molar-refractivity contribution in [3.05, 3.63) is 181 Å². The largest absolute Gasteiger partial charge is 0.456 e. The van der Waals surface area contributed by atoms with Crippen LogP contribution in [0.2, 0.25) is 0 Å². The topological polar surface area (TPSA) is 88.5 Å². The summed E-state index contributed by atoms with van der Waals surface area (Å²) in [4.78, 5) is 4.77. The highest BCUT2D eigenvalue weighted by molar-refractivity contribution is 7.25. The second-order valence-electron chi connectivity index (χ2n) is 14.3. The van der Waals surface area contributed by atoms with Crippen LogP contribution in [0.5, 0.6) is 0 Å². The van der Waals surface area contributed by atoms with Crippen LogP contribution in [-0.2, 0) is 6.54 Å². The lowest BCUT2D eigenvalue weighted by atomic mass is 9.96. The summed E-state index contributed by atoms with van der Waals surface area (Å²) in [6.45, 7) is 0.634. The molecule has 6 heteroatoms. The molecule has 274 valence electrons. The van der Waals surface area contributed by atoms with E-state index in [1.807, 2.05) is 66.1 Å². The maximum absolute atomic E-state index is 7.05. The Morgan fingerprint density at radius 2 is 1.35 bits per heavy atom. The minimum absolute atomic E-state index is 0.172. The van der Waals surface area contributed by atoms with Crippen LogP contribution in [0.25, 0.3) is 86.3 Å². The van der Waals surface area contributed by atoms with Gasteiger partial charge in [0.2, 0.25) is 0 Å². The third kappa shape index (κ3) is 6.50. The van der Waals surface area contributed by atoms with Crippen LogP contribution in [0.4, 0.5) is 0 Å². The van der Waals surface area contributed by atoms with E-state index in [9.17, 15) is 0 Å². The van der Waals surface area contributed by atoms with E-state index in [1.165, 1.54) is 31.3 Å². The van der Waals surface area contributed by atoms with Crippen molar-refractivity contribution in [1.82, 2.24) is 0 Å². The summed E-state index contributed by atoms with van der Waals surface area (Å²) >= 11 is 1.85. The molecule has 0 spiro atoms. The molecule has 11 rings (SSSR count). The quantitative estimate of drug-likeness (QED) is 0.131. The Bertz CT molecular complexity index is 3250. The molecule has 0 radical (unpaired) electrons. The van der Waals surface area contributed by atoms with Crippen LogP contribution in [0.15, 0.2) is 183 Å². The van der Waals surface area contributed by atoms with Crippen LogP contribution in [0, 0.1) is 5.41 Å². The standard InChI is InChI=1S/C44H27NO2S.C7H10N2/c1-2-8-27(9-3-1)25-45-26-31-10-6-13-38-43(31)36-22-30(18-21-37(36)46-38)32-12-7-14-39-44(32)35-20-17-28(23-40(35)47-39)29-16-19-34-33-11-4-5-15-41(33)48-42(34)24-29;8-7(9)6-4-2-1-3-5-6/h1-24,26H,25H2;2,4-5H,1,3H2,(H3,8,9). The van der Waals surface area contributed by atoms with Gasteiger partial charge in [-0.15, -0.1) is 11.3 Å². The van der Waals surface area contributed by atoms with Gasteiger partial charge in [0, 0.05) is 59.1 Å². The van der Waals surface area contributed by atoms with Gasteiger partial charge in [0.1, 0.15) is 28.2 Å². The molecule has 7 aromatic carbocycles. The minimum atomic E-state index is 0.172. The highest BCUT2D eigenvalue weighted by Gasteiger charge is 2.17. The average Bonchev–Trinajstić information content (AvgIpc) is 3.95. The molecule has 3 N–H and O–H groups in total. The van der Waals surface area contributed by atoms with Gasteiger partial charge in [-0.1, -0.05) is 115 Å². The predicted octanol–water partition coefficient (Wildman–Crippen LogP) is 14.0. The number of nitrogens with one attached hydrogen (secondary N) is 1. The van der Waals surface area contributed by atoms with E-state index in [4.69, 9.17) is 25.0 Å². The first-order valence-electron chi connectivity index (χ1n) is 19.1. The van der Waals surface area contributed by atoms with Crippen molar-refractivity contribution in [2.75, 3.05) is 0 Å². The number of hydrogen-bond acceptors (Lipinski definition) is 5. The first-order chi connectivity index (χ1) is 28.1. The average molecular weight is 756 g/mol. The lowest BCUT2D eigenvalue weighted by Crippen LogP contribution is -2.12. The van der Waals surface area contributed by atoms with Crippen molar-refractivity contribution in [2.24, 2.45) is 10.7 Å². The van der Waals surface area contributed by atoms with Gasteiger partial charge in [-0.2, -0.15) is 0 Å². The maximum Gasteiger partial charge on any atom is 0.136 e. The molecule has 1 aliphatic carbocycles. The first kappa shape index (κ1) is 34.5. The smallest absolute Gasteiger partial charge is 0.136 e. The van der Waals surface area contributed by atoms with E-state index in [2.05, 4.69) is 115 Å². The molecule has 1 aliphatic rings. The summed E-state index contributed by atoms with van der Waals surface area (Å²) in [5.74, 6) is 0.172. The molecule has 0 fully saturated rings. The number of nitrogens with two attached hydrogens (primary N) is 1. The number of aliphatic imine (C=N–C) groups is 1. The van der Waals surface area contributed by atoms with Crippen molar-refractivity contribution < 1.29 is 8.83 Å². The number of rotatable bonds is 6. The van der Waals surface area contributed by atoms with Gasteiger partial charge in [-0.05, 0) is 89.2 Å². The summed E-state index contributed by atoms with van der Waals surface area (Å²) in [6, 6.07) is 51.3. The highest BCUT2D eigenvalue weighted by atomic mass is 32.1. The number of thiophene rings is 1. The van der Waals surface area contributed by atoms with Gasteiger partial charge >= 0.3 is 0 Å². The van der Waals surface area contributed by atoms with E-state index in [0.29, 0.717) is 6.54 Å². The number of hydrogen-bond donors (Lipinski definition) is 2. The van der Waals surface area contributed by atoms with Crippen molar-refractivity contribution in [3.63, 3.8) is 0 Å². The molecule has 0 saturated heterocycles. The monoisotopic (exact) mass is 755 g/mol. The van der Waals surface area contributed by atoms with Crippen LogP contribution in [0.3, 0.4) is 0 Å². The van der Waals surface area contributed by atoms with Crippen molar-refractivity contribution >= 4 is 87.4 Å². The Labute approximate surface area is 333 Å². The Morgan fingerprint density at radius 3 is 2.18 bits per heavy atom. The van der Waals surface area contributed by atoms with Gasteiger partial charge in [-0.25, -0.2) is 0 Å². The molecule has 10 aromatic rings. The van der Waals surface area contributed by atoms with Gasteiger partial charge in [-0.3, -0.25) is 10.4 Å². The van der Waals surface area contributed by atoms with E-state index < -0.39 is 0 Å². The molecule has 0 saturated carbocycles. The Hall–Kier alpha value is -7.02. The molecule has 0 aliphatic heterocycles. The van der Waals surface area contributed by atoms with Crippen LogP contribution in [0.1, 0.15) is 24.0 Å². The molecule has 5 nitrogen and oxygen atoms in total. The normalized spacial score (nSPS) is 12.9. The lowest BCUT2D eigenvalue weighted by molar-refractivity contribution is 0.669. The molecule has 0 unspecified atom stereocenters. The summed E-state index contributed by atoms with van der Waals surface area (Å²) < 4.78 is 15.5. The van der Waals surface area contributed by atoms with Gasteiger partial charge in [0.15, 0.2) is 0 Å². The molecular weight excluding hydrogens is 719 g/mol. The number of benzene rings is 7. The summed E-state index contributed by atoms with van der Waals surface area (Å²) in [6.07, 6.45) is 9.99. The fourth-order valence-corrected chi connectivity index (χ4v) is 9.07. The fraction of sp³-hybridized carbons (Fsp3) is 0.0588. The zero-order chi connectivity index (χ0) is 38.3. The summed E-state index contributed by atoms with van der Waals surface area (Å²) in [7, 11) is 0. The third-order valence-corrected chi connectivity index (χ3v) is 11.8. The number of amidine groups is 1. The van der Waals surface area contributed by atoms with E-state index in [0.717, 1.165) is 84.5 Å². The second-order valence-corrected chi connectivity index (χ2v) is 15.4. The van der Waals surface area contributed by atoms with Crippen LogP contribution < -0.4 is 5.73 Å². The van der Waals surface area contributed by atoms with Crippen molar-refractivity contribution in [2.45, 2.75) is 19.4 Å². The second kappa shape index (κ2) is 14.6. The van der Waals surface area contributed by atoms with E-state index >= 15 is 0 Å². The molecule has 3 aromatic heterocycles. The van der Waals surface area contributed by atoms with Crippen molar-refractivity contribution in [3.8, 4) is 22.3 Å². The SMILES string of the molecule is C(=NCc1ccccc1)c1cccc2oc3ccc(-c4cccc5oc6cc(-c7ccc8c(c7)sc7ccccc78)ccc6c45)cc3c12.N=C(N)C1=CCCC=C1. The zero-order valence-corrected chi connectivity index (χ0v) is 31.9. The minimum Gasteiger partial charge on any atom is -0.456 e. The van der Waals surface area contributed by atoms with Crippen LogP contribution >= 0.6 is 11.3 Å². The number of fused-ring (bicyclic) bond motifs is 9. The zero-order valence-electron chi connectivity index (χ0n) is 31.0. The number of furan rings is 2. The van der Waals surface area contributed by atoms with Gasteiger partial charge in [0.25, 0.3) is 0 Å². The van der Waals surface area contributed by atoms with E-state index in [1.54, 1.807) is 0 Å². The lowest BCUT2D eigenvalue weighted by Gasteiger charge is -2.05. The van der Waals surface area contributed by atoms with Crippen LogP contribution in [-0.4, -0.2) is 12.1 Å². The third-order valence-electron chi connectivity index (χ3n) is 10.7. The fourth-order valence-electron chi connectivity index (χ4n) is 7.93. The van der Waals surface area contributed by atoms with Gasteiger partial charge < -0.3 is 14.6 Å². The summed E-state index contributed by atoms with van der Waals surface area (Å²) in [5.41, 5.74) is 16.4. The molecule has 57 heavy (non-hydrogen) atoms. The molecule has 3 heterocycles. The Kier molecular flexibility index (Phi) is 8.81. The molecule has 0 bridgehead atoms. The summed E-state index contributed by atoms with van der Waals surface area (Å²) in [5, 5.41) is 14.1. The number of nitrogens with zero attached hydrogens (tertiary/aromatic N) is 1. The predicted molar refractivity (Wildman–Crippen MR) is 241 cm³/mol. The molecule has 0 amide bonds. The molecule has 0 atom stereocenters. The Morgan fingerprint density at radius 1 is 0.614 bits per heavy atom. The Balaban J connectivity index is 0.000000391. The molecular formula is C51H37N3O2S.